The van der Waals surface area contributed by atoms with Gasteiger partial charge in [0.25, 0.3) is 0 Å². The summed E-state index contributed by atoms with van der Waals surface area (Å²) in [6.07, 6.45) is 1.61. The third kappa shape index (κ3) is 3.48. The second kappa shape index (κ2) is 5.89. The number of thioether (sulfide) groups is 1. The first-order valence-corrected chi connectivity index (χ1v) is 6.58. The molecule has 0 atom stereocenters. The summed E-state index contributed by atoms with van der Waals surface area (Å²) >= 11 is 7.33. The van der Waals surface area contributed by atoms with Crippen molar-refractivity contribution in [3.63, 3.8) is 0 Å². The molecule has 18 heavy (non-hydrogen) atoms. The van der Waals surface area contributed by atoms with Gasteiger partial charge in [-0.3, -0.25) is 0 Å². The zero-order valence-electron chi connectivity index (χ0n) is 9.34. The van der Waals surface area contributed by atoms with Gasteiger partial charge in [0.1, 0.15) is 0 Å². The maximum Gasteiger partial charge on any atom is 0.335 e. The van der Waals surface area contributed by atoms with Crippen molar-refractivity contribution in [1.29, 1.82) is 0 Å². The first-order chi connectivity index (χ1) is 8.65. The average Bonchev–Trinajstić information content (AvgIpc) is 2.38. The van der Waals surface area contributed by atoms with Gasteiger partial charge >= 0.3 is 5.97 Å². The number of pyridine rings is 1. The molecule has 2 aromatic rings. The Balaban J connectivity index is 1.97. The Kier molecular flexibility index (Phi) is 4.23. The van der Waals surface area contributed by atoms with Crippen LogP contribution in [0.3, 0.4) is 0 Å². The van der Waals surface area contributed by atoms with Gasteiger partial charge in [-0.1, -0.05) is 23.7 Å². The van der Waals surface area contributed by atoms with Crippen LogP contribution < -0.4 is 0 Å². The molecule has 0 unspecified atom stereocenters. The second-order valence-electron chi connectivity index (χ2n) is 3.61. The molecule has 2 rings (SSSR count). The van der Waals surface area contributed by atoms with Crippen molar-refractivity contribution in [2.24, 2.45) is 0 Å². The number of hydrogen-bond donors (Lipinski definition) is 1. The van der Waals surface area contributed by atoms with Crippen LogP contribution in [0.15, 0.2) is 47.6 Å². The third-order valence-electron chi connectivity index (χ3n) is 2.29. The van der Waals surface area contributed by atoms with E-state index in [1.807, 2.05) is 18.2 Å². The fourth-order valence-electron chi connectivity index (χ4n) is 1.35. The minimum atomic E-state index is -0.909. The maximum atomic E-state index is 10.7. The third-order valence-corrected chi connectivity index (χ3v) is 3.53. The smallest absolute Gasteiger partial charge is 0.335 e. The zero-order chi connectivity index (χ0) is 13.0. The van der Waals surface area contributed by atoms with E-state index in [0.717, 1.165) is 16.3 Å². The van der Waals surface area contributed by atoms with E-state index in [2.05, 4.69) is 4.98 Å². The van der Waals surface area contributed by atoms with Gasteiger partial charge < -0.3 is 5.11 Å². The summed E-state index contributed by atoms with van der Waals surface area (Å²) in [5.74, 6) is -0.164. The largest absolute Gasteiger partial charge is 0.478 e. The number of nitrogens with zero attached hydrogens (tertiary/aromatic N) is 1. The molecule has 0 saturated carbocycles. The lowest BCUT2D eigenvalue weighted by Crippen LogP contribution is -1.95. The number of carboxylic acid groups (broad SMARTS) is 1. The lowest BCUT2D eigenvalue weighted by molar-refractivity contribution is 0.0697. The second-order valence-corrected chi connectivity index (χ2v) is 5.04. The Hall–Kier alpha value is -1.52. The molecule has 0 aliphatic carbocycles. The van der Waals surface area contributed by atoms with Gasteiger partial charge in [-0.2, -0.15) is 0 Å². The van der Waals surface area contributed by atoms with Gasteiger partial charge in [-0.05, 0) is 29.8 Å². The van der Waals surface area contributed by atoms with Crippen molar-refractivity contribution in [2.45, 2.75) is 10.8 Å². The number of aromatic nitrogens is 1. The number of hydrogen-bond acceptors (Lipinski definition) is 3. The number of carbonyl (C=O) groups is 1. The maximum absolute atomic E-state index is 10.7. The first-order valence-electron chi connectivity index (χ1n) is 5.22. The molecular formula is C13H10ClNO2S. The number of carboxylic acids is 1. The predicted molar refractivity (Wildman–Crippen MR) is 72.2 cm³/mol. The van der Waals surface area contributed by atoms with Crippen LogP contribution in [-0.4, -0.2) is 16.1 Å². The molecule has 0 spiro atoms. The van der Waals surface area contributed by atoms with Gasteiger partial charge in [-0.25, -0.2) is 9.78 Å². The minimum absolute atomic E-state index is 0.299. The van der Waals surface area contributed by atoms with Crippen molar-refractivity contribution in [1.82, 2.24) is 4.98 Å². The van der Waals surface area contributed by atoms with E-state index in [0.29, 0.717) is 10.6 Å². The highest BCUT2D eigenvalue weighted by Crippen LogP contribution is 2.22. The monoisotopic (exact) mass is 279 g/mol. The van der Waals surface area contributed by atoms with Crippen LogP contribution in [0, 0.1) is 0 Å². The Bertz CT molecular complexity index is 540. The van der Waals surface area contributed by atoms with Crippen molar-refractivity contribution in [3.8, 4) is 0 Å². The Morgan fingerprint density at radius 2 is 1.94 bits per heavy atom. The summed E-state index contributed by atoms with van der Waals surface area (Å²) < 4.78 is 0. The van der Waals surface area contributed by atoms with Gasteiger partial charge in [0.2, 0.25) is 0 Å². The van der Waals surface area contributed by atoms with Gasteiger partial charge in [0, 0.05) is 11.9 Å². The zero-order valence-corrected chi connectivity index (χ0v) is 10.9. The average molecular weight is 280 g/mol. The molecule has 0 aliphatic rings. The van der Waals surface area contributed by atoms with E-state index in [-0.39, 0.29) is 0 Å². The van der Waals surface area contributed by atoms with Gasteiger partial charge in [0.15, 0.2) is 0 Å². The molecule has 0 amide bonds. The summed E-state index contributed by atoms with van der Waals surface area (Å²) in [7, 11) is 0. The Morgan fingerprint density at radius 3 is 2.50 bits per heavy atom. The highest BCUT2D eigenvalue weighted by Gasteiger charge is 2.02. The summed E-state index contributed by atoms with van der Waals surface area (Å²) in [5, 5.41) is 10.3. The topological polar surface area (TPSA) is 50.2 Å². The van der Waals surface area contributed by atoms with E-state index in [1.165, 1.54) is 0 Å². The summed E-state index contributed by atoms with van der Waals surface area (Å²) in [6.45, 7) is 0. The quantitative estimate of drug-likeness (QED) is 0.867. The van der Waals surface area contributed by atoms with E-state index >= 15 is 0 Å². The molecule has 5 heteroatoms. The summed E-state index contributed by atoms with van der Waals surface area (Å²) in [6, 6.07) is 10.5. The van der Waals surface area contributed by atoms with Gasteiger partial charge in [0.05, 0.1) is 15.6 Å². The number of aromatic carboxylic acids is 1. The molecule has 0 saturated heterocycles. The van der Waals surface area contributed by atoms with Crippen molar-refractivity contribution < 1.29 is 9.90 Å². The van der Waals surface area contributed by atoms with Crippen molar-refractivity contribution >= 4 is 29.3 Å². The van der Waals surface area contributed by atoms with E-state index in [9.17, 15) is 4.79 Å². The van der Waals surface area contributed by atoms with E-state index in [4.69, 9.17) is 16.7 Å². The molecule has 1 aromatic carbocycles. The van der Waals surface area contributed by atoms with Crippen LogP contribution in [0.4, 0.5) is 0 Å². The van der Waals surface area contributed by atoms with Crippen LogP contribution in [0.1, 0.15) is 15.9 Å². The Labute approximate surface area is 114 Å². The van der Waals surface area contributed by atoms with Crippen LogP contribution in [0.2, 0.25) is 5.02 Å². The summed E-state index contributed by atoms with van der Waals surface area (Å²) in [4.78, 5) is 14.9. The molecule has 0 fully saturated rings. The molecule has 0 aliphatic heterocycles. The van der Waals surface area contributed by atoms with E-state index in [1.54, 1.807) is 36.2 Å². The predicted octanol–water partition coefficient (Wildman–Crippen LogP) is 3.73. The van der Waals surface area contributed by atoms with Crippen molar-refractivity contribution in [3.05, 3.63) is 58.7 Å². The molecule has 0 bridgehead atoms. The highest BCUT2D eigenvalue weighted by atomic mass is 35.5. The standard InChI is InChI=1S/C13H10ClNO2S/c14-11-5-6-12(15-7-11)18-8-9-1-3-10(4-2-9)13(16)17/h1-7H,8H2,(H,16,17). The SMILES string of the molecule is O=C(O)c1ccc(CSc2ccc(Cl)cn2)cc1. The molecule has 1 heterocycles. The van der Waals surface area contributed by atoms with Crippen LogP contribution in [-0.2, 0) is 5.75 Å². The minimum Gasteiger partial charge on any atom is -0.478 e. The van der Waals surface area contributed by atoms with Gasteiger partial charge in [-0.15, -0.1) is 11.8 Å². The lowest BCUT2D eigenvalue weighted by Gasteiger charge is -2.02. The number of halogens is 1. The fourth-order valence-corrected chi connectivity index (χ4v) is 2.26. The summed E-state index contributed by atoms with van der Waals surface area (Å²) in [5.41, 5.74) is 1.36. The lowest BCUT2D eigenvalue weighted by atomic mass is 10.1. The molecular weight excluding hydrogens is 270 g/mol. The van der Waals surface area contributed by atoms with E-state index < -0.39 is 5.97 Å². The molecule has 1 aromatic heterocycles. The molecule has 1 N–H and O–H groups in total. The molecule has 92 valence electrons. The number of rotatable bonds is 4. The van der Waals surface area contributed by atoms with Crippen LogP contribution >= 0.6 is 23.4 Å². The van der Waals surface area contributed by atoms with Crippen LogP contribution in [0.5, 0.6) is 0 Å². The molecule has 0 radical (unpaired) electrons. The first kappa shape index (κ1) is 12.9. The van der Waals surface area contributed by atoms with Crippen molar-refractivity contribution in [2.75, 3.05) is 0 Å². The highest BCUT2D eigenvalue weighted by molar-refractivity contribution is 7.98. The fraction of sp³-hybridized carbons (Fsp3) is 0.0769. The Morgan fingerprint density at radius 1 is 1.22 bits per heavy atom. The van der Waals surface area contributed by atoms with Crippen LogP contribution in [0.25, 0.3) is 0 Å². The molecule has 3 nitrogen and oxygen atoms in total. The normalized spacial score (nSPS) is 10.3. The number of benzene rings is 1.